The van der Waals surface area contributed by atoms with E-state index in [2.05, 4.69) is 14.9 Å². The van der Waals surface area contributed by atoms with Gasteiger partial charge in [0.2, 0.25) is 5.91 Å². The highest BCUT2D eigenvalue weighted by molar-refractivity contribution is 5.92. The number of amides is 1. The van der Waals surface area contributed by atoms with Crippen molar-refractivity contribution in [2.24, 2.45) is 11.7 Å². The second-order valence-corrected chi connectivity index (χ2v) is 7.90. The van der Waals surface area contributed by atoms with Crippen LogP contribution in [-0.4, -0.2) is 34.1 Å². The summed E-state index contributed by atoms with van der Waals surface area (Å²) in [7, 11) is 0. The average Bonchev–Trinajstić information content (AvgIpc) is 3.43. The number of rotatable bonds is 3. The van der Waals surface area contributed by atoms with Crippen molar-refractivity contribution >= 4 is 22.6 Å². The molecule has 7 heteroatoms. The van der Waals surface area contributed by atoms with Crippen molar-refractivity contribution in [1.29, 1.82) is 0 Å². The van der Waals surface area contributed by atoms with Crippen molar-refractivity contribution in [2.45, 2.75) is 32.6 Å². The first-order valence-electron chi connectivity index (χ1n) is 10.2. The molecule has 0 spiro atoms. The molecule has 0 atom stereocenters. The molecule has 2 aliphatic rings. The number of nitrogens with two attached hydrogens (primary N) is 1. The number of hydrogen-bond donors (Lipinski definition) is 2. The van der Waals surface area contributed by atoms with Crippen LogP contribution in [0.5, 0.6) is 5.75 Å². The Morgan fingerprint density at radius 1 is 1.17 bits per heavy atom. The van der Waals surface area contributed by atoms with Crippen molar-refractivity contribution in [3.8, 4) is 17.1 Å². The van der Waals surface area contributed by atoms with E-state index in [0.717, 1.165) is 61.1 Å². The first-order valence-corrected chi connectivity index (χ1v) is 10.2. The summed E-state index contributed by atoms with van der Waals surface area (Å²) in [6.07, 6.45) is 4.29. The van der Waals surface area contributed by atoms with Gasteiger partial charge in [0, 0.05) is 24.4 Å². The van der Waals surface area contributed by atoms with Crippen LogP contribution in [0.3, 0.4) is 0 Å². The quantitative estimate of drug-likeness (QED) is 0.685. The fraction of sp³-hybridized carbons (Fsp3) is 0.348. The minimum Gasteiger partial charge on any atom is -0.507 e. The van der Waals surface area contributed by atoms with E-state index in [1.807, 2.05) is 25.1 Å². The predicted molar refractivity (Wildman–Crippen MR) is 115 cm³/mol. The number of hydrogen-bond acceptors (Lipinski definition) is 5. The third-order valence-electron chi connectivity index (χ3n) is 5.43. The van der Waals surface area contributed by atoms with Crippen molar-refractivity contribution in [1.82, 2.24) is 9.97 Å². The Kier molecular flexibility index (Phi) is 5.53. The molecule has 0 unspecified atom stereocenters. The van der Waals surface area contributed by atoms with E-state index in [1.54, 1.807) is 0 Å². The standard InChI is InChI=1S/C19H18FN3O.C4H7NO/c1-12-7-8-13-15(11-12)21-18(17-14(20)5-4-6-16(17)24)22-19(13)23-9-2-3-10-23;5-4(6)3-1-2-3/h4-8,11,24H,2-3,9-10H2,1H3;3H,1-2H2,(H2,5,6). The molecule has 30 heavy (non-hydrogen) atoms. The molecule has 2 fully saturated rings. The number of benzene rings is 2. The molecule has 1 amide bonds. The number of nitrogens with zero attached hydrogens (tertiary/aromatic N) is 3. The van der Waals surface area contributed by atoms with E-state index in [0.29, 0.717) is 0 Å². The zero-order valence-electron chi connectivity index (χ0n) is 16.9. The summed E-state index contributed by atoms with van der Waals surface area (Å²) in [6, 6.07) is 10.3. The minimum absolute atomic E-state index is 0.0568. The van der Waals surface area contributed by atoms with E-state index < -0.39 is 5.82 Å². The number of primary amides is 1. The number of halogens is 1. The zero-order valence-corrected chi connectivity index (χ0v) is 16.9. The Hall–Kier alpha value is -3.22. The third kappa shape index (κ3) is 4.20. The van der Waals surface area contributed by atoms with Crippen LogP contribution in [-0.2, 0) is 4.79 Å². The van der Waals surface area contributed by atoms with Crippen LogP contribution in [0.2, 0.25) is 0 Å². The van der Waals surface area contributed by atoms with Crippen molar-refractivity contribution in [3.63, 3.8) is 0 Å². The predicted octanol–water partition coefficient (Wildman–Crippen LogP) is 3.93. The van der Waals surface area contributed by atoms with Crippen LogP contribution in [0.25, 0.3) is 22.3 Å². The van der Waals surface area contributed by atoms with Crippen molar-refractivity contribution < 1.29 is 14.3 Å². The summed E-state index contributed by atoms with van der Waals surface area (Å²) in [6.45, 7) is 3.86. The number of carbonyl (C=O) groups is 1. The van der Waals surface area contributed by atoms with E-state index in [4.69, 9.17) is 5.73 Å². The Bertz CT molecular complexity index is 1070. The molecular weight excluding hydrogens is 383 g/mol. The molecule has 0 radical (unpaired) electrons. The van der Waals surface area contributed by atoms with Crippen molar-refractivity contribution in [2.75, 3.05) is 18.0 Å². The fourth-order valence-electron chi connectivity index (χ4n) is 3.61. The number of aromatic nitrogens is 2. The zero-order chi connectivity index (χ0) is 21.3. The van der Waals surface area contributed by atoms with Crippen molar-refractivity contribution in [3.05, 3.63) is 47.8 Å². The summed E-state index contributed by atoms with van der Waals surface area (Å²) < 4.78 is 14.3. The molecule has 1 aromatic heterocycles. The summed E-state index contributed by atoms with van der Waals surface area (Å²) >= 11 is 0. The topological polar surface area (TPSA) is 92.3 Å². The highest BCUT2D eigenvalue weighted by atomic mass is 19.1. The van der Waals surface area contributed by atoms with Gasteiger partial charge in [-0.1, -0.05) is 12.1 Å². The SMILES string of the molecule is Cc1ccc2c(N3CCCC3)nc(-c3c(O)cccc3F)nc2c1.NC(=O)C1CC1. The number of fused-ring (bicyclic) bond motifs is 1. The van der Waals surface area contributed by atoms with Crippen LogP contribution < -0.4 is 10.6 Å². The second kappa shape index (κ2) is 8.26. The normalized spacial score (nSPS) is 15.7. The van der Waals surface area contributed by atoms with E-state index in [-0.39, 0.29) is 29.0 Å². The number of aryl methyl sites for hydroxylation is 1. The molecule has 1 aliphatic carbocycles. The maximum atomic E-state index is 14.3. The minimum atomic E-state index is -0.519. The Morgan fingerprint density at radius 3 is 2.50 bits per heavy atom. The lowest BCUT2D eigenvalue weighted by Crippen LogP contribution is -2.20. The first kappa shape index (κ1) is 20.1. The van der Waals surface area contributed by atoms with Gasteiger partial charge in [-0.3, -0.25) is 4.79 Å². The smallest absolute Gasteiger partial charge is 0.220 e. The summed E-state index contributed by atoms with van der Waals surface area (Å²) in [5.74, 6) is 0.490. The molecule has 5 rings (SSSR count). The number of anilines is 1. The molecule has 1 saturated heterocycles. The van der Waals surface area contributed by atoms with Gasteiger partial charge in [0.25, 0.3) is 0 Å². The van der Waals surface area contributed by atoms with Crippen LogP contribution in [0.1, 0.15) is 31.2 Å². The first-order chi connectivity index (χ1) is 14.4. The maximum absolute atomic E-state index is 14.3. The van der Waals surface area contributed by atoms with E-state index in [9.17, 15) is 14.3 Å². The van der Waals surface area contributed by atoms with Crippen LogP contribution in [0.15, 0.2) is 36.4 Å². The van der Waals surface area contributed by atoms with Gasteiger partial charge in [-0.25, -0.2) is 14.4 Å². The molecule has 0 bridgehead atoms. The highest BCUT2D eigenvalue weighted by Gasteiger charge is 2.26. The summed E-state index contributed by atoms with van der Waals surface area (Å²) in [5, 5.41) is 11.1. The Morgan fingerprint density at radius 2 is 1.90 bits per heavy atom. The molecule has 2 aromatic carbocycles. The lowest BCUT2D eigenvalue weighted by Gasteiger charge is -2.19. The van der Waals surface area contributed by atoms with Gasteiger partial charge < -0.3 is 15.7 Å². The fourth-order valence-corrected chi connectivity index (χ4v) is 3.61. The van der Waals surface area contributed by atoms with Gasteiger partial charge in [0.15, 0.2) is 5.82 Å². The molecule has 3 aromatic rings. The highest BCUT2D eigenvalue weighted by Crippen LogP contribution is 2.34. The third-order valence-corrected chi connectivity index (χ3v) is 5.43. The molecule has 1 aliphatic heterocycles. The Labute approximate surface area is 174 Å². The number of aromatic hydroxyl groups is 1. The van der Waals surface area contributed by atoms with E-state index >= 15 is 0 Å². The van der Waals surface area contributed by atoms with Gasteiger partial charge in [0.1, 0.15) is 17.4 Å². The average molecular weight is 408 g/mol. The van der Waals surface area contributed by atoms with Gasteiger partial charge in [-0.05, 0) is 62.4 Å². The van der Waals surface area contributed by atoms with E-state index in [1.165, 1.54) is 18.2 Å². The summed E-state index contributed by atoms with van der Waals surface area (Å²) in [4.78, 5) is 21.3. The molecular formula is C23H25FN4O2. The maximum Gasteiger partial charge on any atom is 0.220 e. The lowest BCUT2D eigenvalue weighted by atomic mass is 10.1. The second-order valence-electron chi connectivity index (χ2n) is 7.90. The molecule has 3 N–H and O–H groups in total. The molecule has 6 nitrogen and oxygen atoms in total. The monoisotopic (exact) mass is 408 g/mol. The van der Waals surface area contributed by atoms with Crippen LogP contribution >= 0.6 is 0 Å². The molecule has 1 saturated carbocycles. The van der Waals surface area contributed by atoms with Gasteiger partial charge >= 0.3 is 0 Å². The largest absolute Gasteiger partial charge is 0.507 e. The van der Waals surface area contributed by atoms with Gasteiger partial charge in [0.05, 0.1) is 11.1 Å². The van der Waals surface area contributed by atoms with Crippen LogP contribution in [0, 0.1) is 18.7 Å². The van der Waals surface area contributed by atoms with Gasteiger partial charge in [-0.2, -0.15) is 0 Å². The molecule has 156 valence electrons. The summed E-state index contributed by atoms with van der Waals surface area (Å²) in [5.41, 5.74) is 6.76. The lowest BCUT2D eigenvalue weighted by molar-refractivity contribution is -0.119. The number of phenols is 1. The number of phenolic OH excluding ortho intramolecular Hbond substituents is 1. The van der Waals surface area contributed by atoms with Crippen LogP contribution in [0.4, 0.5) is 10.2 Å². The number of carbonyl (C=O) groups excluding carboxylic acids is 1. The molecule has 2 heterocycles. The van der Waals surface area contributed by atoms with Gasteiger partial charge in [-0.15, -0.1) is 0 Å². The Balaban J connectivity index is 0.000000313.